The smallest absolute Gasteiger partial charge is 0.271 e. The van der Waals surface area contributed by atoms with E-state index in [-0.39, 0.29) is 11.4 Å². The number of amides is 1. The molecule has 25 heavy (non-hydrogen) atoms. The van der Waals surface area contributed by atoms with Crippen LogP contribution in [0.25, 0.3) is 32.9 Å². The molecule has 4 rings (SSSR count). The van der Waals surface area contributed by atoms with Gasteiger partial charge < -0.3 is 16.2 Å². The largest absolute Gasteiger partial charge is 0.495 e. The summed E-state index contributed by atoms with van der Waals surface area (Å²) in [6.45, 7) is 0. The second kappa shape index (κ2) is 5.45. The van der Waals surface area contributed by atoms with Crippen LogP contribution < -0.4 is 16.2 Å². The van der Waals surface area contributed by atoms with E-state index in [4.69, 9.17) is 16.2 Å². The van der Waals surface area contributed by atoms with Crippen molar-refractivity contribution in [1.29, 1.82) is 0 Å². The molecule has 0 aliphatic rings. The van der Waals surface area contributed by atoms with E-state index < -0.39 is 5.91 Å². The van der Waals surface area contributed by atoms with E-state index in [1.807, 2.05) is 24.3 Å². The number of benzene rings is 2. The fourth-order valence-electron chi connectivity index (χ4n) is 2.92. The second-order valence-electron chi connectivity index (χ2n) is 5.54. The number of nitrogens with one attached hydrogen (secondary N) is 1. The van der Waals surface area contributed by atoms with Gasteiger partial charge in [0, 0.05) is 10.9 Å². The molecule has 0 saturated heterocycles. The molecule has 2 aromatic carbocycles. The molecule has 0 bridgehead atoms. The first-order valence-electron chi connectivity index (χ1n) is 7.46. The Bertz CT molecular complexity index is 1130. The first-order valence-corrected chi connectivity index (χ1v) is 7.46. The number of rotatable bonds is 3. The Hall–Kier alpha value is -3.68. The van der Waals surface area contributed by atoms with Crippen molar-refractivity contribution in [3.8, 4) is 16.9 Å². The summed E-state index contributed by atoms with van der Waals surface area (Å²) >= 11 is 0. The number of fused-ring (bicyclic) bond motifs is 2. The van der Waals surface area contributed by atoms with E-state index in [1.165, 1.54) is 7.11 Å². The van der Waals surface area contributed by atoms with Gasteiger partial charge in [-0.2, -0.15) is 5.10 Å². The Morgan fingerprint density at radius 1 is 1.20 bits per heavy atom. The highest BCUT2D eigenvalue weighted by atomic mass is 16.5. The van der Waals surface area contributed by atoms with Gasteiger partial charge in [0.05, 0.1) is 35.4 Å². The molecule has 0 aliphatic heterocycles. The van der Waals surface area contributed by atoms with Crippen LogP contribution >= 0.6 is 0 Å². The van der Waals surface area contributed by atoms with Crippen LogP contribution in [0.3, 0.4) is 0 Å². The number of hydrogen-bond acceptors (Lipinski definition) is 6. The van der Waals surface area contributed by atoms with Crippen molar-refractivity contribution in [1.82, 2.24) is 20.4 Å². The fraction of sp³-hybridized carbons (Fsp3) is 0.0588. The minimum Gasteiger partial charge on any atom is -0.495 e. The first-order chi connectivity index (χ1) is 12.1. The monoisotopic (exact) mass is 334 g/mol. The number of carbonyl (C=O) groups excluding carboxylic acids is 1. The molecule has 0 unspecified atom stereocenters. The summed E-state index contributed by atoms with van der Waals surface area (Å²) in [6, 6.07) is 9.53. The molecule has 5 N–H and O–H groups in total. The second-order valence-corrected chi connectivity index (χ2v) is 5.54. The lowest BCUT2D eigenvalue weighted by Crippen LogP contribution is -2.17. The normalized spacial score (nSPS) is 11.1. The number of H-pyrrole nitrogens is 1. The number of anilines is 1. The zero-order chi connectivity index (χ0) is 17.6. The number of aromatic amines is 1. The van der Waals surface area contributed by atoms with E-state index in [9.17, 15) is 4.79 Å². The van der Waals surface area contributed by atoms with Crippen molar-refractivity contribution >= 4 is 33.4 Å². The molecule has 0 atom stereocenters. The van der Waals surface area contributed by atoms with Gasteiger partial charge in [0.25, 0.3) is 5.91 Å². The summed E-state index contributed by atoms with van der Waals surface area (Å²) in [5.74, 6) is -0.232. The maximum atomic E-state index is 11.5. The standard InChI is InChI=1S/C17H14N6O2/c1-25-16-10(8-2-3-9-7-20-21-12(9)6-8)4-5-11-13(16)14(18)15(17(19)24)23-22-11/h2-7H,1H3,(H2,18,22)(H2,19,24)(H,20,21). The van der Waals surface area contributed by atoms with E-state index in [1.54, 1.807) is 12.3 Å². The maximum absolute atomic E-state index is 11.5. The van der Waals surface area contributed by atoms with Crippen LogP contribution in [0.15, 0.2) is 36.5 Å². The van der Waals surface area contributed by atoms with E-state index in [2.05, 4.69) is 20.4 Å². The zero-order valence-electron chi connectivity index (χ0n) is 13.3. The molecule has 4 aromatic rings. The van der Waals surface area contributed by atoms with Crippen molar-refractivity contribution < 1.29 is 9.53 Å². The average Bonchev–Trinajstić information content (AvgIpc) is 3.08. The number of hydrogen-bond donors (Lipinski definition) is 3. The quantitative estimate of drug-likeness (QED) is 0.524. The first kappa shape index (κ1) is 14.9. The van der Waals surface area contributed by atoms with Crippen LogP contribution in [0.2, 0.25) is 0 Å². The number of nitrogens with two attached hydrogens (primary N) is 2. The highest BCUT2D eigenvalue weighted by molar-refractivity contribution is 6.08. The van der Waals surface area contributed by atoms with Gasteiger partial charge in [-0.25, -0.2) is 0 Å². The molecule has 2 aromatic heterocycles. The molecular formula is C17H14N6O2. The third-order valence-electron chi connectivity index (χ3n) is 4.11. The van der Waals surface area contributed by atoms with E-state index in [0.29, 0.717) is 16.7 Å². The number of primary amides is 1. The Labute approximate surface area is 141 Å². The van der Waals surface area contributed by atoms with Crippen LogP contribution in [0.4, 0.5) is 5.69 Å². The van der Waals surface area contributed by atoms with Crippen molar-refractivity contribution in [2.45, 2.75) is 0 Å². The van der Waals surface area contributed by atoms with Crippen molar-refractivity contribution in [3.63, 3.8) is 0 Å². The fourth-order valence-corrected chi connectivity index (χ4v) is 2.92. The summed E-state index contributed by atoms with van der Waals surface area (Å²) < 4.78 is 5.60. The van der Waals surface area contributed by atoms with Gasteiger partial charge in [-0.3, -0.25) is 9.89 Å². The minimum absolute atomic E-state index is 0.0769. The molecule has 0 radical (unpaired) electrons. The van der Waals surface area contributed by atoms with Crippen LogP contribution in [-0.2, 0) is 0 Å². The number of carbonyl (C=O) groups is 1. The molecule has 8 heteroatoms. The molecule has 0 fully saturated rings. The third kappa shape index (κ3) is 2.23. The van der Waals surface area contributed by atoms with Crippen molar-refractivity contribution in [2.75, 3.05) is 12.8 Å². The van der Waals surface area contributed by atoms with Gasteiger partial charge in [0.1, 0.15) is 5.75 Å². The SMILES string of the molecule is COc1c(-c2ccc3cn[nH]c3c2)ccc2nnc(C(N)=O)c(N)c12. The summed E-state index contributed by atoms with van der Waals surface area (Å²) in [6.07, 6.45) is 1.75. The predicted octanol–water partition coefficient (Wildman–Crippen LogP) is 1.86. The highest BCUT2D eigenvalue weighted by Gasteiger charge is 2.19. The van der Waals surface area contributed by atoms with E-state index in [0.717, 1.165) is 22.0 Å². The number of nitrogen functional groups attached to an aromatic ring is 1. The lowest BCUT2D eigenvalue weighted by Gasteiger charge is -2.14. The third-order valence-corrected chi connectivity index (χ3v) is 4.11. The Kier molecular flexibility index (Phi) is 3.24. The van der Waals surface area contributed by atoms with Gasteiger partial charge in [-0.1, -0.05) is 12.1 Å². The number of aromatic nitrogens is 4. The van der Waals surface area contributed by atoms with Crippen LogP contribution in [-0.4, -0.2) is 33.4 Å². The number of ether oxygens (including phenoxy) is 1. The molecule has 0 saturated carbocycles. The predicted molar refractivity (Wildman–Crippen MR) is 94.1 cm³/mol. The zero-order valence-corrected chi connectivity index (χ0v) is 13.3. The Morgan fingerprint density at radius 3 is 2.80 bits per heavy atom. The van der Waals surface area contributed by atoms with Gasteiger partial charge in [0.15, 0.2) is 5.69 Å². The van der Waals surface area contributed by atoms with Gasteiger partial charge in [0.2, 0.25) is 0 Å². The molecule has 2 heterocycles. The summed E-state index contributed by atoms with van der Waals surface area (Å²) in [4.78, 5) is 11.5. The molecule has 0 aliphatic carbocycles. The molecule has 0 spiro atoms. The van der Waals surface area contributed by atoms with Gasteiger partial charge in [-0.05, 0) is 23.8 Å². The summed E-state index contributed by atoms with van der Waals surface area (Å²) in [5.41, 5.74) is 14.7. The molecule has 1 amide bonds. The molecule has 8 nitrogen and oxygen atoms in total. The summed E-state index contributed by atoms with van der Waals surface area (Å²) in [5, 5.41) is 16.3. The van der Waals surface area contributed by atoms with E-state index >= 15 is 0 Å². The highest BCUT2D eigenvalue weighted by Crippen LogP contribution is 2.39. The lowest BCUT2D eigenvalue weighted by atomic mass is 9.99. The van der Waals surface area contributed by atoms with Crippen LogP contribution in [0, 0.1) is 0 Å². The summed E-state index contributed by atoms with van der Waals surface area (Å²) in [7, 11) is 1.54. The molecular weight excluding hydrogens is 320 g/mol. The number of methoxy groups -OCH3 is 1. The maximum Gasteiger partial charge on any atom is 0.271 e. The Balaban J connectivity index is 2.03. The Morgan fingerprint density at radius 2 is 2.04 bits per heavy atom. The topological polar surface area (TPSA) is 133 Å². The minimum atomic E-state index is -0.738. The van der Waals surface area contributed by atoms with Crippen LogP contribution in [0.1, 0.15) is 10.5 Å². The lowest BCUT2D eigenvalue weighted by molar-refractivity contribution is 0.0996. The number of nitrogens with zero attached hydrogens (tertiary/aromatic N) is 3. The van der Waals surface area contributed by atoms with Crippen molar-refractivity contribution in [3.05, 3.63) is 42.2 Å². The van der Waals surface area contributed by atoms with Gasteiger partial charge >= 0.3 is 0 Å². The van der Waals surface area contributed by atoms with Crippen LogP contribution in [0.5, 0.6) is 5.75 Å². The van der Waals surface area contributed by atoms with Gasteiger partial charge in [-0.15, -0.1) is 10.2 Å². The van der Waals surface area contributed by atoms with Crippen molar-refractivity contribution in [2.24, 2.45) is 5.73 Å². The molecule has 124 valence electrons. The average molecular weight is 334 g/mol.